The van der Waals surface area contributed by atoms with Crippen LogP contribution in [0.5, 0.6) is 0 Å². The van der Waals surface area contributed by atoms with Gasteiger partial charge in [0, 0.05) is 30.8 Å². The van der Waals surface area contributed by atoms with E-state index in [0.717, 1.165) is 28.2 Å². The topological polar surface area (TPSA) is 38.1 Å². The Kier molecular flexibility index (Phi) is 5.93. The lowest BCUT2D eigenvalue weighted by molar-refractivity contribution is -0.134. The SMILES string of the molecule is Cc1nn(-c2ccccc2)c(C)c1CN(C)C(=O)C(C)Cc1cccc(F)c1. The quantitative estimate of drug-likeness (QED) is 0.634. The molecule has 5 heteroatoms. The molecule has 3 rings (SSSR count). The predicted octanol–water partition coefficient (Wildman–Crippen LogP) is 4.47. The summed E-state index contributed by atoms with van der Waals surface area (Å²) in [7, 11) is 1.81. The summed E-state index contributed by atoms with van der Waals surface area (Å²) in [4.78, 5) is 14.6. The maximum absolute atomic E-state index is 13.4. The standard InChI is InChI=1S/C23H26FN3O/c1-16(13-19-9-8-10-20(24)14-19)23(28)26(4)15-22-17(2)25-27(18(22)3)21-11-6-5-7-12-21/h5-12,14,16H,13,15H2,1-4H3. The molecular weight excluding hydrogens is 353 g/mol. The molecule has 0 saturated heterocycles. The van der Waals surface area contributed by atoms with Gasteiger partial charge in [-0.1, -0.05) is 37.3 Å². The van der Waals surface area contributed by atoms with E-state index >= 15 is 0 Å². The van der Waals surface area contributed by atoms with E-state index in [-0.39, 0.29) is 17.6 Å². The van der Waals surface area contributed by atoms with E-state index in [1.165, 1.54) is 12.1 Å². The van der Waals surface area contributed by atoms with Crippen molar-refractivity contribution in [1.82, 2.24) is 14.7 Å². The van der Waals surface area contributed by atoms with Gasteiger partial charge in [-0.05, 0) is 50.1 Å². The van der Waals surface area contributed by atoms with Crippen molar-refractivity contribution in [2.24, 2.45) is 5.92 Å². The number of para-hydroxylation sites is 1. The largest absolute Gasteiger partial charge is 0.341 e. The summed E-state index contributed by atoms with van der Waals surface area (Å²) in [6, 6.07) is 16.4. The fourth-order valence-electron chi connectivity index (χ4n) is 3.52. The van der Waals surface area contributed by atoms with Gasteiger partial charge in [0.05, 0.1) is 11.4 Å². The minimum absolute atomic E-state index is 0.0375. The van der Waals surface area contributed by atoms with Gasteiger partial charge in [0.1, 0.15) is 5.82 Å². The molecule has 0 aliphatic carbocycles. The van der Waals surface area contributed by atoms with Gasteiger partial charge in [-0.25, -0.2) is 9.07 Å². The Morgan fingerprint density at radius 1 is 1.14 bits per heavy atom. The molecule has 28 heavy (non-hydrogen) atoms. The Balaban J connectivity index is 1.73. The zero-order valence-corrected chi connectivity index (χ0v) is 16.8. The monoisotopic (exact) mass is 379 g/mol. The Labute approximate surface area is 165 Å². The highest BCUT2D eigenvalue weighted by Gasteiger charge is 2.21. The smallest absolute Gasteiger partial charge is 0.225 e. The van der Waals surface area contributed by atoms with Crippen LogP contribution in [0.15, 0.2) is 54.6 Å². The molecule has 1 unspecified atom stereocenters. The molecule has 0 spiro atoms. The van der Waals surface area contributed by atoms with Crippen molar-refractivity contribution in [3.8, 4) is 5.69 Å². The molecule has 0 aliphatic rings. The molecule has 0 fully saturated rings. The number of halogens is 1. The third-order valence-corrected chi connectivity index (χ3v) is 5.07. The van der Waals surface area contributed by atoms with Gasteiger partial charge in [-0.3, -0.25) is 4.79 Å². The molecule has 2 aromatic carbocycles. The molecule has 0 saturated carbocycles. The zero-order valence-electron chi connectivity index (χ0n) is 16.8. The van der Waals surface area contributed by atoms with Crippen molar-refractivity contribution in [3.05, 3.63) is 82.9 Å². The molecule has 0 N–H and O–H groups in total. The molecule has 1 amide bonds. The predicted molar refractivity (Wildman–Crippen MR) is 109 cm³/mol. The molecule has 3 aromatic rings. The van der Waals surface area contributed by atoms with Crippen LogP contribution in [0.25, 0.3) is 5.69 Å². The first kappa shape index (κ1) is 19.8. The number of carbonyl (C=O) groups is 1. The van der Waals surface area contributed by atoms with E-state index in [2.05, 4.69) is 5.10 Å². The summed E-state index contributed by atoms with van der Waals surface area (Å²) in [5, 5.41) is 4.65. The third kappa shape index (κ3) is 4.30. The molecular formula is C23H26FN3O. The van der Waals surface area contributed by atoms with Gasteiger partial charge in [-0.15, -0.1) is 0 Å². The van der Waals surface area contributed by atoms with Crippen molar-refractivity contribution >= 4 is 5.91 Å². The second-order valence-electron chi connectivity index (χ2n) is 7.33. The van der Waals surface area contributed by atoms with Crippen LogP contribution in [0, 0.1) is 25.6 Å². The van der Waals surface area contributed by atoms with Crippen molar-refractivity contribution in [2.75, 3.05) is 7.05 Å². The van der Waals surface area contributed by atoms with Gasteiger partial charge in [0.2, 0.25) is 5.91 Å². The van der Waals surface area contributed by atoms with Crippen LogP contribution >= 0.6 is 0 Å². The molecule has 146 valence electrons. The van der Waals surface area contributed by atoms with Gasteiger partial charge < -0.3 is 4.90 Å². The van der Waals surface area contributed by atoms with E-state index in [1.54, 1.807) is 11.0 Å². The second-order valence-corrected chi connectivity index (χ2v) is 7.33. The fraction of sp³-hybridized carbons (Fsp3) is 0.304. The van der Waals surface area contributed by atoms with Crippen LogP contribution in [0.2, 0.25) is 0 Å². The third-order valence-electron chi connectivity index (χ3n) is 5.07. The Morgan fingerprint density at radius 3 is 2.54 bits per heavy atom. The van der Waals surface area contributed by atoms with Crippen LogP contribution in [0.3, 0.4) is 0 Å². The molecule has 0 aliphatic heterocycles. The number of amides is 1. The van der Waals surface area contributed by atoms with Crippen LogP contribution in [-0.2, 0) is 17.8 Å². The highest BCUT2D eigenvalue weighted by Crippen LogP contribution is 2.20. The first-order valence-electron chi connectivity index (χ1n) is 9.46. The van der Waals surface area contributed by atoms with Crippen molar-refractivity contribution in [2.45, 2.75) is 33.7 Å². The van der Waals surface area contributed by atoms with Crippen molar-refractivity contribution < 1.29 is 9.18 Å². The summed E-state index contributed by atoms with van der Waals surface area (Å²) in [5.74, 6) is -0.461. The minimum Gasteiger partial charge on any atom is -0.341 e. The molecule has 0 bridgehead atoms. The molecule has 4 nitrogen and oxygen atoms in total. The lowest BCUT2D eigenvalue weighted by Crippen LogP contribution is -2.32. The van der Waals surface area contributed by atoms with E-state index in [1.807, 2.05) is 68.9 Å². The fourth-order valence-corrected chi connectivity index (χ4v) is 3.52. The summed E-state index contributed by atoms with van der Waals surface area (Å²) >= 11 is 0. The van der Waals surface area contributed by atoms with Crippen LogP contribution in [0.1, 0.15) is 29.4 Å². The number of benzene rings is 2. The number of carbonyl (C=O) groups excluding carboxylic acids is 1. The van der Waals surface area contributed by atoms with Crippen LogP contribution in [0.4, 0.5) is 4.39 Å². The highest BCUT2D eigenvalue weighted by molar-refractivity contribution is 5.78. The normalized spacial score (nSPS) is 12.0. The van der Waals surface area contributed by atoms with Crippen LogP contribution in [-0.4, -0.2) is 27.6 Å². The summed E-state index contributed by atoms with van der Waals surface area (Å²) in [6.07, 6.45) is 0.516. The van der Waals surface area contributed by atoms with E-state index < -0.39 is 0 Å². The minimum atomic E-state index is -0.273. The maximum atomic E-state index is 13.4. The summed E-state index contributed by atoms with van der Waals surface area (Å²) in [6.45, 7) is 6.38. The van der Waals surface area contributed by atoms with Gasteiger partial charge in [0.15, 0.2) is 0 Å². The average Bonchev–Trinajstić information content (AvgIpc) is 2.96. The van der Waals surface area contributed by atoms with Gasteiger partial charge in [0.25, 0.3) is 0 Å². The van der Waals surface area contributed by atoms with E-state index in [9.17, 15) is 9.18 Å². The first-order chi connectivity index (χ1) is 13.4. The van der Waals surface area contributed by atoms with Crippen molar-refractivity contribution in [3.63, 3.8) is 0 Å². The number of nitrogens with zero attached hydrogens (tertiary/aromatic N) is 3. The summed E-state index contributed by atoms with van der Waals surface area (Å²) in [5.41, 5.74) is 4.83. The molecule has 1 atom stereocenters. The second kappa shape index (κ2) is 8.38. The Morgan fingerprint density at radius 2 is 1.86 bits per heavy atom. The van der Waals surface area contributed by atoms with Crippen LogP contribution < -0.4 is 0 Å². The number of hydrogen-bond donors (Lipinski definition) is 0. The Hall–Kier alpha value is -2.95. The van der Waals surface area contributed by atoms with Crippen molar-refractivity contribution in [1.29, 1.82) is 0 Å². The molecule has 0 radical (unpaired) electrons. The first-order valence-corrected chi connectivity index (χ1v) is 9.46. The lowest BCUT2D eigenvalue weighted by Gasteiger charge is -2.22. The number of aryl methyl sites for hydroxylation is 1. The van der Waals surface area contributed by atoms with Gasteiger partial charge >= 0.3 is 0 Å². The van der Waals surface area contributed by atoms with Gasteiger partial charge in [-0.2, -0.15) is 5.10 Å². The average molecular weight is 379 g/mol. The zero-order chi connectivity index (χ0) is 20.3. The highest BCUT2D eigenvalue weighted by atomic mass is 19.1. The number of aromatic nitrogens is 2. The van der Waals surface area contributed by atoms with E-state index in [4.69, 9.17) is 0 Å². The number of rotatable bonds is 6. The lowest BCUT2D eigenvalue weighted by atomic mass is 9.99. The van der Waals surface area contributed by atoms with E-state index in [0.29, 0.717) is 13.0 Å². The molecule has 1 aromatic heterocycles. The summed E-state index contributed by atoms with van der Waals surface area (Å²) < 4.78 is 15.3. The Bertz CT molecular complexity index is 965. The number of hydrogen-bond acceptors (Lipinski definition) is 2. The maximum Gasteiger partial charge on any atom is 0.225 e. The molecule has 1 heterocycles.